The summed E-state index contributed by atoms with van der Waals surface area (Å²) < 4.78 is 0. The van der Waals surface area contributed by atoms with Crippen LogP contribution < -0.4 is 0 Å². The van der Waals surface area contributed by atoms with Crippen molar-refractivity contribution >= 4 is 22.1 Å². The molecule has 0 fully saturated rings. The van der Waals surface area contributed by atoms with E-state index in [1.165, 1.54) is 0 Å². The van der Waals surface area contributed by atoms with Crippen LogP contribution in [-0.2, 0) is 0 Å². The number of pyridine rings is 3. The number of hydrogen-bond donors (Lipinski definition) is 2. The molecule has 6 rings (SSSR count). The SMILES string of the molecule is c1cc(-c2ccncc2)c2nc(-c3n[nH]c4ccc(-c5ccncc5)nc34)[nH]c2c1. The molecule has 2 N–H and O–H groups in total. The smallest absolute Gasteiger partial charge is 0.161 e. The largest absolute Gasteiger partial charge is 0.336 e. The highest BCUT2D eigenvalue weighted by molar-refractivity contribution is 5.96. The maximum Gasteiger partial charge on any atom is 0.161 e. The van der Waals surface area contributed by atoms with Gasteiger partial charge in [-0.15, -0.1) is 0 Å². The molecule has 0 unspecified atom stereocenters. The summed E-state index contributed by atoms with van der Waals surface area (Å²) in [5.74, 6) is 0.678. The molecule has 0 bridgehead atoms. The van der Waals surface area contributed by atoms with E-state index in [2.05, 4.69) is 31.2 Å². The molecule has 30 heavy (non-hydrogen) atoms. The second-order valence-electron chi connectivity index (χ2n) is 6.92. The van der Waals surface area contributed by atoms with Crippen molar-refractivity contribution in [3.05, 3.63) is 79.4 Å². The molecule has 142 valence electrons. The van der Waals surface area contributed by atoms with Gasteiger partial charge in [0, 0.05) is 35.9 Å². The lowest BCUT2D eigenvalue weighted by molar-refractivity contribution is 1.10. The highest BCUT2D eigenvalue weighted by atomic mass is 15.1. The second-order valence-corrected chi connectivity index (χ2v) is 6.92. The van der Waals surface area contributed by atoms with Crippen LogP contribution in [0.3, 0.4) is 0 Å². The van der Waals surface area contributed by atoms with E-state index in [1.807, 2.05) is 48.5 Å². The average Bonchev–Trinajstić information content (AvgIpc) is 3.43. The first-order valence-electron chi connectivity index (χ1n) is 9.52. The van der Waals surface area contributed by atoms with Crippen LogP contribution in [0.2, 0.25) is 0 Å². The number of imidazole rings is 1. The molecule has 0 aliphatic carbocycles. The number of para-hydroxylation sites is 1. The number of rotatable bonds is 3. The Labute approximate surface area is 170 Å². The average molecular weight is 389 g/mol. The summed E-state index contributed by atoms with van der Waals surface area (Å²) in [7, 11) is 0. The van der Waals surface area contributed by atoms with Gasteiger partial charge < -0.3 is 4.98 Å². The Morgan fingerprint density at radius 3 is 2.20 bits per heavy atom. The summed E-state index contributed by atoms with van der Waals surface area (Å²) in [6, 6.07) is 17.9. The molecule has 0 radical (unpaired) electrons. The topological polar surface area (TPSA) is 96.0 Å². The first kappa shape index (κ1) is 16.6. The van der Waals surface area contributed by atoms with Crippen molar-refractivity contribution < 1.29 is 0 Å². The number of hydrogen-bond acceptors (Lipinski definition) is 5. The minimum absolute atomic E-state index is 0.678. The number of nitrogens with one attached hydrogen (secondary N) is 2. The maximum absolute atomic E-state index is 4.88. The highest BCUT2D eigenvalue weighted by Crippen LogP contribution is 2.31. The van der Waals surface area contributed by atoms with Gasteiger partial charge in [0.1, 0.15) is 5.52 Å². The molecular formula is C23H15N7. The van der Waals surface area contributed by atoms with Crippen LogP contribution in [0, 0.1) is 0 Å². The van der Waals surface area contributed by atoms with Crippen LogP contribution in [0.25, 0.3) is 56.0 Å². The van der Waals surface area contributed by atoms with E-state index in [4.69, 9.17) is 9.97 Å². The molecule has 0 aliphatic rings. The Morgan fingerprint density at radius 1 is 0.633 bits per heavy atom. The predicted octanol–water partition coefficient (Wildman–Crippen LogP) is 4.63. The van der Waals surface area contributed by atoms with E-state index in [9.17, 15) is 0 Å². The van der Waals surface area contributed by atoms with Gasteiger partial charge in [-0.2, -0.15) is 5.10 Å². The van der Waals surface area contributed by atoms with Crippen molar-refractivity contribution in [3.63, 3.8) is 0 Å². The van der Waals surface area contributed by atoms with E-state index in [0.29, 0.717) is 11.5 Å². The van der Waals surface area contributed by atoms with Crippen LogP contribution in [0.4, 0.5) is 0 Å². The Bertz CT molecular complexity index is 1480. The van der Waals surface area contributed by atoms with Crippen LogP contribution in [0.5, 0.6) is 0 Å². The third-order valence-electron chi connectivity index (χ3n) is 5.11. The zero-order valence-electron chi connectivity index (χ0n) is 15.7. The summed E-state index contributed by atoms with van der Waals surface area (Å²) in [6.45, 7) is 0. The standard InChI is InChI=1S/C23H15N7/c1-2-16(14-6-10-24-11-7-14)20-18(3-1)27-23(28-20)22-21-19(29-30-22)5-4-17(26-21)15-8-12-25-13-9-15/h1-13H,(H,27,28)(H,29,30). The number of H-pyrrole nitrogens is 2. The van der Waals surface area contributed by atoms with Crippen LogP contribution in [0.15, 0.2) is 79.4 Å². The fourth-order valence-corrected chi connectivity index (χ4v) is 3.66. The summed E-state index contributed by atoms with van der Waals surface area (Å²) >= 11 is 0. The molecule has 6 aromatic rings. The third kappa shape index (κ3) is 2.64. The highest BCUT2D eigenvalue weighted by Gasteiger charge is 2.16. The van der Waals surface area contributed by atoms with E-state index >= 15 is 0 Å². The minimum atomic E-state index is 0.678. The molecule has 7 heteroatoms. The van der Waals surface area contributed by atoms with Crippen LogP contribution >= 0.6 is 0 Å². The van der Waals surface area contributed by atoms with Gasteiger partial charge in [0.05, 0.1) is 22.2 Å². The molecule has 0 saturated heterocycles. The maximum atomic E-state index is 4.88. The molecule has 5 heterocycles. The molecular weight excluding hydrogens is 374 g/mol. The molecule has 5 aromatic heterocycles. The second kappa shape index (κ2) is 6.59. The van der Waals surface area contributed by atoms with Gasteiger partial charge in [-0.1, -0.05) is 12.1 Å². The van der Waals surface area contributed by atoms with Crippen molar-refractivity contribution in [2.24, 2.45) is 0 Å². The molecule has 1 aromatic carbocycles. The first-order valence-corrected chi connectivity index (χ1v) is 9.52. The Hall–Kier alpha value is -4.39. The summed E-state index contributed by atoms with van der Waals surface area (Å²) in [6.07, 6.45) is 7.09. The number of aromatic amines is 2. The first-order chi connectivity index (χ1) is 14.9. The van der Waals surface area contributed by atoms with Gasteiger partial charge in [-0.05, 0) is 48.0 Å². The zero-order chi connectivity index (χ0) is 19.9. The molecule has 0 atom stereocenters. The lowest BCUT2D eigenvalue weighted by Crippen LogP contribution is -1.87. The van der Waals surface area contributed by atoms with Gasteiger partial charge in [0.25, 0.3) is 0 Å². The van der Waals surface area contributed by atoms with Gasteiger partial charge in [-0.3, -0.25) is 15.1 Å². The Kier molecular flexibility index (Phi) is 3.64. The number of nitrogens with zero attached hydrogens (tertiary/aromatic N) is 5. The van der Waals surface area contributed by atoms with Gasteiger partial charge >= 0.3 is 0 Å². The Morgan fingerprint density at radius 2 is 1.40 bits per heavy atom. The quantitative estimate of drug-likeness (QED) is 0.460. The van der Waals surface area contributed by atoms with Crippen LogP contribution in [0.1, 0.15) is 0 Å². The van der Waals surface area contributed by atoms with Crippen molar-refractivity contribution in [1.82, 2.24) is 35.1 Å². The lowest BCUT2D eigenvalue weighted by Gasteiger charge is -2.01. The lowest BCUT2D eigenvalue weighted by atomic mass is 10.1. The van der Waals surface area contributed by atoms with Crippen molar-refractivity contribution in [1.29, 1.82) is 0 Å². The summed E-state index contributed by atoms with van der Waals surface area (Å²) in [5, 5.41) is 7.56. The van der Waals surface area contributed by atoms with Gasteiger partial charge in [0.15, 0.2) is 11.5 Å². The predicted molar refractivity (Wildman–Crippen MR) is 115 cm³/mol. The van der Waals surface area contributed by atoms with Crippen molar-refractivity contribution in [2.75, 3.05) is 0 Å². The number of aromatic nitrogens is 7. The fraction of sp³-hybridized carbons (Fsp3) is 0. The normalized spacial score (nSPS) is 11.3. The minimum Gasteiger partial charge on any atom is -0.336 e. The van der Waals surface area contributed by atoms with E-state index in [1.54, 1.807) is 24.8 Å². The molecule has 0 amide bonds. The van der Waals surface area contributed by atoms with Gasteiger partial charge in [-0.25, -0.2) is 9.97 Å². The van der Waals surface area contributed by atoms with Crippen molar-refractivity contribution in [3.8, 4) is 33.9 Å². The van der Waals surface area contributed by atoms with E-state index in [0.717, 1.165) is 44.5 Å². The molecule has 0 aliphatic heterocycles. The van der Waals surface area contributed by atoms with E-state index < -0.39 is 0 Å². The molecule has 0 saturated carbocycles. The zero-order valence-corrected chi connectivity index (χ0v) is 15.7. The monoisotopic (exact) mass is 389 g/mol. The van der Waals surface area contributed by atoms with E-state index in [-0.39, 0.29) is 0 Å². The fourth-order valence-electron chi connectivity index (χ4n) is 3.66. The summed E-state index contributed by atoms with van der Waals surface area (Å²) in [4.78, 5) is 21.3. The molecule has 7 nitrogen and oxygen atoms in total. The van der Waals surface area contributed by atoms with Crippen LogP contribution in [-0.4, -0.2) is 35.1 Å². The number of benzene rings is 1. The summed E-state index contributed by atoms with van der Waals surface area (Å²) in [5.41, 5.74) is 8.14. The number of fused-ring (bicyclic) bond motifs is 2. The molecule has 0 spiro atoms. The Balaban J connectivity index is 1.52. The van der Waals surface area contributed by atoms with Crippen molar-refractivity contribution in [2.45, 2.75) is 0 Å². The third-order valence-corrected chi connectivity index (χ3v) is 5.11. The van der Waals surface area contributed by atoms with Gasteiger partial charge in [0.2, 0.25) is 0 Å².